The first-order chi connectivity index (χ1) is 31.6. The van der Waals surface area contributed by atoms with Crippen LogP contribution in [0.25, 0.3) is 78.0 Å². The van der Waals surface area contributed by atoms with E-state index in [1.54, 1.807) is 0 Å². The molecule has 0 atom stereocenters. The average molecular weight is 825 g/mol. The van der Waals surface area contributed by atoms with Gasteiger partial charge in [0.2, 0.25) is 0 Å². The fourth-order valence-electron chi connectivity index (χ4n) is 13.0. The lowest BCUT2D eigenvalue weighted by Crippen LogP contribution is -2.57. The number of anilines is 3. The van der Waals surface area contributed by atoms with E-state index < -0.39 is 0 Å². The van der Waals surface area contributed by atoms with E-state index in [1.807, 2.05) is 36.4 Å². The topological polar surface area (TPSA) is 55.1 Å². The highest BCUT2D eigenvalue weighted by atomic mass is 16.3. The molecule has 0 saturated heterocycles. The van der Waals surface area contributed by atoms with Crippen LogP contribution < -0.4 is 4.90 Å². The minimum absolute atomic E-state index is 0.0200. The summed E-state index contributed by atoms with van der Waals surface area (Å²) in [6.07, 6.45) is 6.83. The molecule has 0 radical (unpaired) electrons. The Bertz CT molecular complexity index is 3450. The van der Waals surface area contributed by atoms with Gasteiger partial charge in [0, 0.05) is 38.6 Å². The second-order valence-electron chi connectivity index (χ2n) is 18.9. The van der Waals surface area contributed by atoms with Gasteiger partial charge in [-0.2, -0.15) is 0 Å². The van der Waals surface area contributed by atoms with Crippen molar-refractivity contribution in [3.05, 3.63) is 193 Å². The maximum Gasteiger partial charge on any atom is 0.164 e. The van der Waals surface area contributed by atoms with Gasteiger partial charge in [-0.05, 0) is 149 Å². The molecule has 2 aromatic heterocycles. The number of aromatic nitrogens is 3. The molecule has 4 fully saturated rings. The van der Waals surface area contributed by atoms with E-state index in [2.05, 4.69) is 150 Å². The van der Waals surface area contributed by atoms with Crippen molar-refractivity contribution < 1.29 is 4.42 Å². The van der Waals surface area contributed by atoms with Crippen molar-refractivity contribution in [2.75, 3.05) is 4.90 Å². The van der Waals surface area contributed by atoms with Gasteiger partial charge < -0.3 is 9.32 Å². The van der Waals surface area contributed by atoms with Crippen molar-refractivity contribution in [2.24, 2.45) is 23.7 Å². The molecule has 15 rings (SSSR count). The molecule has 306 valence electrons. The Labute approximate surface area is 372 Å². The largest absolute Gasteiger partial charge is 0.456 e. The molecule has 1 spiro atoms. The molecule has 1 aliphatic heterocycles. The Morgan fingerprint density at radius 2 is 0.953 bits per heavy atom. The Kier molecular flexibility index (Phi) is 7.80. The van der Waals surface area contributed by atoms with Gasteiger partial charge in [-0.15, -0.1) is 0 Å². The quantitative estimate of drug-likeness (QED) is 0.173. The molecule has 5 aliphatic rings. The highest BCUT2D eigenvalue weighted by Crippen LogP contribution is 2.69. The standard InChI is InChI=1S/C59H44N4O/c1-3-11-38(12-4-1)56-60-57(62-58(61-56)44-23-25-49-48-15-7-10-18-54(48)64-55(49)35-44)43-22-21-39-32-40(19-20-41(39)33-43)42-24-26-53-51(34-42)59(45-28-36-27-37(30-45)31-46(59)29-36)50-16-8-9-17-52(50)63(53)47-13-5-2-6-14-47/h1-26,32-37,45-46H,27-31H2. The zero-order valence-electron chi connectivity index (χ0n) is 35.4. The van der Waals surface area contributed by atoms with Crippen LogP contribution in [-0.4, -0.2) is 15.0 Å². The molecular weight excluding hydrogens is 781 g/mol. The van der Waals surface area contributed by atoms with Gasteiger partial charge >= 0.3 is 0 Å². The molecule has 5 heteroatoms. The lowest BCUT2D eigenvalue weighted by Gasteiger charge is -2.64. The van der Waals surface area contributed by atoms with Crippen molar-refractivity contribution in [1.29, 1.82) is 0 Å². The summed E-state index contributed by atoms with van der Waals surface area (Å²) in [6.45, 7) is 0. The van der Waals surface area contributed by atoms with Crippen molar-refractivity contribution in [1.82, 2.24) is 15.0 Å². The number of benzene rings is 8. The summed E-state index contributed by atoms with van der Waals surface area (Å²) in [5, 5.41) is 4.51. The summed E-state index contributed by atoms with van der Waals surface area (Å²) < 4.78 is 6.28. The first-order valence-corrected chi connectivity index (χ1v) is 23.0. The molecule has 0 amide bonds. The van der Waals surface area contributed by atoms with Crippen LogP contribution in [0.5, 0.6) is 0 Å². The predicted molar refractivity (Wildman–Crippen MR) is 259 cm³/mol. The molecule has 0 unspecified atom stereocenters. The van der Waals surface area contributed by atoms with Crippen molar-refractivity contribution in [3.8, 4) is 45.3 Å². The van der Waals surface area contributed by atoms with Gasteiger partial charge in [0.25, 0.3) is 0 Å². The summed E-state index contributed by atoms with van der Waals surface area (Å²) in [5.74, 6) is 4.98. The lowest BCUT2D eigenvalue weighted by molar-refractivity contribution is -0.0419. The molecule has 5 nitrogen and oxygen atoms in total. The fourth-order valence-corrected chi connectivity index (χ4v) is 13.0. The Hall–Kier alpha value is -7.37. The highest BCUT2D eigenvalue weighted by Gasteiger charge is 2.61. The molecule has 3 heterocycles. The molecule has 4 bridgehead atoms. The van der Waals surface area contributed by atoms with Gasteiger partial charge in [-0.1, -0.05) is 121 Å². The summed E-state index contributed by atoms with van der Waals surface area (Å²) in [7, 11) is 0. The van der Waals surface area contributed by atoms with E-state index in [4.69, 9.17) is 19.4 Å². The molecule has 10 aromatic rings. The Morgan fingerprint density at radius 3 is 1.72 bits per heavy atom. The number of fused-ring (bicyclic) bond motifs is 6. The van der Waals surface area contributed by atoms with E-state index >= 15 is 0 Å². The van der Waals surface area contributed by atoms with Crippen LogP contribution in [0.2, 0.25) is 0 Å². The molecule has 4 saturated carbocycles. The first kappa shape index (κ1) is 36.1. The van der Waals surface area contributed by atoms with Gasteiger partial charge in [0.1, 0.15) is 11.2 Å². The SMILES string of the molecule is c1ccc(-c2nc(-c3ccc4cc(-c5ccc6c(c5)C5(c7ccccc7N6c6ccccc6)C6CC7CC(C6)CC5C7)ccc4c3)nc(-c3ccc4c(c3)oc3ccccc34)n2)cc1. The van der Waals surface area contributed by atoms with Crippen LogP contribution >= 0.6 is 0 Å². The molecule has 0 N–H and O–H groups in total. The smallest absolute Gasteiger partial charge is 0.164 e. The van der Waals surface area contributed by atoms with E-state index in [9.17, 15) is 0 Å². The maximum absolute atomic E-state index is 6.28. The number of hydrogen-bond donors (Lipinski definition) is 0. The van der Waals surface area contributed by atoms with Crippen LogP contribution in [0.15, 0.2) is 186 Å². The van der Waals surface area contributed by atoms with E-state index in [1.165, 1.54) is 76.8 Å². The van der Waals surface area contributed by atoms with Gasteiger partial charge in [0.15, 0.2) is 17.5 Å². The maximum atomic E-state index is 6.28. The lowest BCUT2D eigenvalue weighted by atomic mass is 9.41. The van der Waals surface area contributed by atoms with Crippen LogP contribution in [-0.2, 0) is 5.41 Å². The van der Waals surface area contributed by atoms with Crippen LogP contribution in [0.3, 0.4) is 0 Å². The third-order valence-corrected chi connectivity index (χ3v) is 15.5. The molecular formula is C59H44N4O. The van der Waals surface area contributed by atoms with Gasteiger partial charge in [0.05, 0.1) is 11.4 Å². The predicted octanol–water partition coefficient (Wildman–Crippen LogP) is 15.1. The Morgan fingerprint density at radius 1 is 0.406 bits per heavy atom. The monoisotopic (exact) mass is 824 g/mol. The van der Waals surface area contributed by atoms with Gasteiger partial charge in [-0.3, -0.25) is 0 Å². The number of hydrogen-bond acceptors (Lipinski definition) is 5. The second kappa shape index (κ2) is 13.8. The summed E-state index contributed by atoms with van der Waals surface area (Å²) >= 11 is 0. The van der Waals surface area contributed by atoms with E-state index in [0.29, 0.717) is 29.3 Å². The summed E-state index contributed by atoms with van der Waals surface area (Å²) in [5.41, 5.74) is 14.0. The van der Waals surface area contributed by atoms with Crippen molar-refractivity contribution in [3.63, 3.8) is 0 Å². The molecule has 8 aromatic carbocycles. The van der Waals surface area contributed by atoms with Crippen LogP contribution in [0.1, 0.15) is 43.2 Å². The molecule has 4 aliphatic carbocycles. The van der Waals surface area contributed by atoms with Crippen molar-refractivity contribution in [2.45, 2.75) is 37.5 Å². The Balaban J connectivity index is 0.876. The normalized spacial score (nSPS) is 21.8. The zero-order chi connectivity index (χ0) is 41.9. The fraction of sp³-hybridized carbons (Fsp3) is 0.169. The zero-order valence-corrected chi connectivity index (χ0v) is 35.4. The van der Waals surface area contributed by atoms with Crippen molar-refractivity contribution >= 4 is 49.8 Å². The highest BCUT2D eigenvalue weighted by molar-refractivity contribution is 6.05. The minimum Gasteiger partial charge on any atom is -0.456 e. The second-order valence-corrected chi connectivity index (χ2v) is 18.9. The number of rotatable bonds is 5. The van der Waals surface area contributed by atoms with Crippen LogP contribution in [0.4, 0.5) is 17.1 Å². The summed E-state index contributed by atoms with van der Waals surface area (Å²) in [6, 6.07) is 65.9. The van der Waals surface area contributed by atoms with Gasteiger partial charge in [-0.25, -0.2) is 15.0 Å². The number of nitrogens with zero attached hydrogens (tertiary/aromatic N) is 4. The average Bonchev–Trinajstić information content (AvgIpc) is 3.73. The third-order valence-electron chi connectivity index (χ3n) is 15.5. The third kappa shape index (κ3) is 5.40. The number of furan rings is 1. The minimum atomic E-state index is 0.0200. The number of para-hydroxylation sites is 3. The first-order valence-electron chi connectivity index (χ1n) is 23.0. The molecule has 64 heavy (non-hydrogen) atoms. The van der Waals surface area contributed by atoms with E-state index in [-0.39, 0.29) is 5.41 Å². The van der Waals surface area contributed by atoms with E-state index in [0.717, 1.165) is 55.9 Å². The summed E-state index contributed by atoms with van der Waals surface area (Å²) in [4.78, 5) is 17.8. The van der Waals surface area contributed by atoms with Crippen LogP contribution in [0, 0.1) is 23.7 Å².